The molecule has 2 nitrogen and oxygen atoms in total. The fraction of sp³-hybridized carbons (Fsp3) is 0.200. The Morgan fingerprint density at radius 1 is 0.765 bits per heavy atom. The van der Waals surface area contributed by atoms with Crippen LogP contribution in [0.25, 0.3) is 0 Å². The molecule has 0 aromatic heterocycles. The molecule has 0 heterocycles. The average Bonchev–Trinajstić information content (AvgIpc) is 2.29. The van der Waals surface area contributed by atoms with Crippen molar-refractivity contribution in [2.75, 3.05) is 0 Å². The smallest absolute Gasteiger partial charge is 0.115 e. The van der Waals surface area contributed by atoms with Crippen molar-refractivity contribution in [3.8, 4) is 11.5 Å². The molecule has 0 aliphatic heterocycles. The first-order valence-electron chi connectivity index (χ1n) is 5.59. The predicted octanol–water partition coefficient (Wildman–Crippen LogP) is 3.42. The Balaban J connectivity index is 2.45. The quantitative estimate of drug-likeness (QED) is 0.826. The Bertz CT molecular complexity index is 513. The van der Waals surface area contributed by atoms with Gasteiger partial charge in [-0.3, -0.25) is 0 Å². The predicted molar refractivity (Wildman–Crippen MR) is 68.3 cm³/mol. The summed E-state index contributed by atoms with van der Waals surface area (Å²) < 4.78 is 0. The Labute approximate surface area is 101 Å². The molecule has 2 heteroatoms. The fourth-order valence-electron chi connectivity index (χ4n) is 1.94. The molecule has 0 aliphatic rings. The van der Waals surface area contributed by atoms with Crippen molar-refractivity contribution in [2.24, 2.45) is 0 Å². The van der Waals surface area contributed by atoms with Crippen molar-refractivity contribution in [2.45, 2.75) is 19.3 Å². The van der Waals surface area contributed by atoms with Crippen molar-refractivity contribution >= 4 is 0 Å². The van der Waals surface area contributed by atoms with Crippen LogP contribution in [0.1, 0.15) is 25.0 Å². The number of rotatable bonds is 2. The fourth-order valence-corrected chi connectivity index (χ4v) is 1.94. The zero-order chi connectivity index (χ0) is 12.5. The van der Waals surface area contributed by atoms with Gasteiger partial charge in [0.2, 0.25) is 0 Å². The van der Waals surface area contributed by atoms with Crippen molar-refractivity contribution in [3.05, 3.63) is 59.7 Å². The Morgan fingerprint density at radius 2 is 1.41 bits per heavy atom. The average molecular weight is 228 g/mol. The lowest BCUT2D eigenvalue weighted by molar-refractivity contribution is 0.471. The SMILES string of the molecule is CC(C)(c1ccc(O)cc1)c1cccc(O)c1. The van der Waals surface area contributed by atoms with Crippen LogP contribution in [0.2, 0.25) is 0 Å². The van der Waals surface area contributed by atoms with Gasteiger partial charge in [0.15, 0.2) is 0 Å². The summed E-state index contributed by atoms with van der Waals surface area (Å²) in [6, 6.07) is 14.4. The summed E-state index contributed by atoms with van der Waals surface area (Å²) >= 11 is 0. The molecule has 0 fully saturated rings. The molecule has 0 aliphatic carbocycles. The highest BCUT2D eigenvalue weighted by molar-refractivity contribution is 5.42. The van der Waals surface area contributed by atoms with E-state index in [1.54, 1.807) is 24.3 Å². The van der Waals surface area contributed by atoms with Crippen LogP contribution in [0.15, 0.2) is 48.5 Å². The minimum atomic E-state index is -0.202. The molecule has 0 saturated carbocycles. The molecule has 2 aromatic rings. The molecule has 0 spiro atoms. The summed E-state index contributed by atoms with van der Waals surface area (Å²) in [5.74, 6) is 0.537. The van der Waals surface area contributed by atoms with Gasteiger partial charge in [-0.1, -0.05) is 38.1 Å². The second kappa shape index (κ2) is 4.13. The highest BCUT2D eigenvalue weighted by atomic mass is 16.3. The number of phenolic OH excluding ortho intramolecular Hbond substituents is 2. The number of hydrogen-bond donors (Lipinski definition) is 2. The molecular formula is C15H16O2. The Hall–Kier alpha value is -1.96. The largest absolute Gasteiger partial charge is 0.508 e. The molecule has 0 saturated heterocycles. The van der Waals surface area contributed by atoms with Gasteiger partial charge < -0.3 is 10.2 Å². The summed E-state index contributed by atoms with van der Waals surface area (Å²) in [5.41, 5.74) is 1.94. The van der Waals surface area contributed by atoms with Crippen molar-refractivity contribution in [1.29, 1.82) is 0 Å². The van der Waals surface area contributed by atoms with Crippen LogP contribution in [-0.2, 0) is 5.41 Å². The third kappa shape index (κ3) is 2.26. The van der Waals surface area contributed by atoms with Crippen LogP contribution in [0.3, 0.4) is 0 Å². The lowest BCUT2D eigenvalue weighted by atomic mass is 9.78. The number of aromatic hydroxyl groups is 2. The van der Waals surface area contributed by atoms with Crippen molar-refractivity contribution in [1.82, 2.24) is 0 Å². The van der Waals surface area contributed by atoms with Crippen LogP contribution < -0.4 is 0 Å². The number of benzene rings is 2. The topological polar surface area (TPSA) is 40.5 Å². The molecule has 0 unspecified atom stereocenters. The van der Waals surface area contributed by atoms with Crippen LogP contribution in [0, 0.1) is 0 Å². The van der Waals surface area contributed by atoms with E-state index in [9.17, 15) is 10.2 Å². The molecular weight excluding hydrogens is 212 g/mol. The molecule has 0 radical (unpaired) electrons. The lowest BCUT2D eigenvalue weighted by Crippen LogP contribution is -2.18. The first-order valence-corrected chi connectivity index (χ1v) is 5.59. The molecule has 0 amide bonds. The first-order chi connectivity index (χ1) is 8.00. The van der Waals surface area contributed by atoms with E-state index >= 15 is 0 Å². The summed E-state index contributed by atoms with van der Waals surface area (Å²) in [7, 11) is 0. The third-order valence-corrected chi connectivity index (χ3v) is 3.16. The van der Waals surface area contributed by atoms with E-state index in [1.807, 2.05) is 24.3 Å². The minimum Gasteiger partial charge on any atom is -0.508 e. The van der Waals surface area contributed by atoms with Gasteiger partial charge >= 0.3 is 0 Å². The molecule has 88 valence electrons. The number of hydrogen-bond acceptors (Lipinski definition) is 2. The van der Waals surface area contributed by atoms with E-state index in [-0.39, 0.29) is 16.9 Å². The normalized spacial score (nSPS) is 11.4. The maximum absolute atomic E-state index is 9.53. The summed E-state index contributed by atoms with van der Waals surface area (Å²) in [5, 5.41) is 18.8. The Morgan fingerprint density at radius 3 is 2.00 bits per heavy atom. The van der Waals surface area contributed by atoms with Gasteiger partial charge in [-0.25, -0.2) is 0 Å². The highest BCUT2D eigenvalue weighted by Gasteiger charge is 2.23. The zero-order valence-corrected chi connectivity index (χ0v) is 10.0. The van der Waals surface area contributed by atoms with Crippen molar-refractivity contribution < 1.29 is 10.2 Å². The molecule has 17 heavy (non-hydrogen) atoms. The molecule has 2 aromatic carbocycles. The molecule has 0 atom stereocenters. The molecule has 0 bridgehead atoms. The van der Waals surface area contributed by atoms with E-state index in [4.69, 9.17) is 0 Å². The highest BCUT2D eigenvalue weighted by Crippen LogP contribution is 2.33. The zero-order valence-electron chi connectivity index (χ0n) is 10.0. The number of phenols is 2. The van der Waals surface area contributed by atoms with Gasteiger partial charge in [0, 0.05) is 5.41 Å². The van der Waals surface area contributed by atoms with Crippen LogP contribution in [-0.4, -0.2) is 10.2 Å². The van der Waals surface area contributed by atoms with Gasteiger partial charge in [-0.15, -0.1) is 0 Å². The van der Waals surface area contributed by atoms with Crippen molar-refractivity contribution in [3.63, 3.8) is 0 Å². The van der Waals surface area contributed by atoms with Gasteiger partial charge in [0.25, 0.3) is 0 Å². The van der Waals surface area contributed by atoms with E-state index < -0.39 is 0 Å². The van der Waals surface area contributed by atoms with E-state index in [0.29, 0.717) is 0 Å². The Kier molecular flexibility index (Phi) is 2.80. The second-order valence-electron chi connectivity index (χ2n) is 4.72. The van der Waals surface area contributed by atoms with Gasteiger partial charge in [-0.05, 0) is 35.4 Å². The second-order valence-corrected chi connectivity index (χ2v) is 4.72. The van der Waals surface area contributed by atoms with Gasteiger partial charge in [0.1, 0.15) is 11.5 Å². The molecule has 2 N–H and O–H groups in total. The molecule has 2 rings (SSSR count). The van der Waals surface area contributed by atoms with Crippen LogP contribution in [0.4, 0.5) is 0 Å². The first kappa shape index (κ1) is 11.5. The third-order valence-electron chi connectivity index (χ3n) is 3.16. The van der Waals surface area contributed by atoms with E-state index in [2.05, 4.69) is 13.8 Å². The summed E-state index contributed by atoms with van der Waals surface area (Å²) in [6.07, 6.45) is 0. The maximum atomic E-state index is 9.53. The standard InChI is InChI=1S/C15H16O2/c1-15(2,11-6-8-13(16)9-7-11)12-4-3-5-14(17)10-12/h3-10,16-17H,1-2H3. The lowest BCUT2D eigenvalue weighted by Gasteiger charge is -2.26. The van der Waals surface area contributed by atoms with E-state index in [1.165, 1.54) is 0 Å². The minimum absolute atomic E-state index is 0.202. The summed E-state index contributed by atoms with van der Waals surface area (Å²) in [6.45, 7) is 4.18. The van der Waals surface area contributed by atoms with E-state index in [0.717, 1.165) is 11.1 Å². The maximum Gasteiger partial charge on any atom is 0.115 e. The van der Waals surface area contributed by atoms with Gasteiger partial charge in [0.05, 0.1) is 0 Å². The van der Waals surface area contributed by atoms with Crippen LogP contribution >= 0.6 is 0 Å². The van der Waals surface area contributed by atoms with Crippen LogP contribution in [0.5, 0.6) is 11.5 Å². The summed E-state index contributed by atoms with van der Waals surface area (Å²) in [4.78, 5) is 0. The van der Waals surface area contributed by atoms with Gasteiger partial charge in [-0.2, -0.15) is 0 Å². The monoisotopic (exact) mass is 228 g/mol.